The van der Waals surface area contributed by atoms with Crippen LogP contribution in [0.5, 0.6) is 11.5 Å². The molecule has 1 aliphatic rings. The normalized spacial score (nSPS) is 17.5. The third kappa shape index (κ3) is 8.69. The highest BCUT2D eigenvalue weighted by Gasteiger charge is 2.31. The summed E-state index contributed by atoms with van der Waals surface area (Å²) in [4.78, 5) is 38.6. The maximum atomic E-state index is 14.9. The minimum Gasteiger partial charge on any atom is -0.496 e. The molecule has 0 radical (unpaired) electrons. The zero-order valence-electron chi connectivity index (χ0n) is 24.5. The van der Waals surface area contributed by atoms with Crippen molar-refractivity contribution in [1.82, 2.24) is 5.32 Å². The number of carbonyl (C=O) groups excluding carboxylic acids is 3. The first-order valence-corrected chi connectivity index (χ1v) is 13.6. The molecule has 0 bridgehead atoms. The number of esters is 1. The Bertz CT molecular complexity index is 1220. The highest BCUT2D eigenvalue weighted by Crippen LogP contribution is 2.34. The molecule has 0 atom stereocenters. The van der Waals surface area contributed by atoms with E-state index >= 15 is 0 Å². The fourth-order valence-electron chi connectivity index (χ4n) is 4.37. The molecular weight excluding hydrogens is 515 g/mol. The molecule has 0 heterocycles. The molecule has 0 saturated heterocycles. The molecule has 218 valence electrons. The lowest BCUT2D eigenvalue weighted by Crippen LogP contribution is -2.33. The second-order valence-electron chi connectivity index (χ2n) is 12.4. The number of methoxy groups -OCH3 is 1. The maximum absolute atomic E-state index is 14.9. The molecule has 8 nitrogen and oxygen atoms in total. The minimum atomic E-state index is -0.662. The molecule has 2 aromatic carbocycles. The Morgan fingerprint density at radius 1 is 0.900 bits per heavy atom. The summed E-state index contributed by atoms with van der Waals surface area (Å²) in [7, 11) is 1.35. The summed E-state index contributed by atoms with van der Waals surface area (Å²) >= 11 is 0. The number of amides is 2. The van der Waals surface area contributed by atoms with E-state index in [1.165, 1.54) is 13.2 Å². The Labute approximate surface area is 236 Å². The van der Waals surface area contributed by atoms with Crippen LogP contribution in [-0.2, 0) is 9.53 Å². The van der Waals surface area contributed by atoms with Gasteiger partial charge in [-0.15, -0.1) is 0 Å². The number of para-hydroxylation sites is 1. The number of anilines is 1. The summed E-state index contributed by atoms with van der Waals surface area (Å²) in [6.45, 7) is 12.0. The van der Waals surface area contributed by atoms with E-state index in [2.05, 4.69) is 10.6 Å². The van der Waals surface area contributed by atoms with Crippen molar-refractivity contribution < 1.29 is 33.0 Å². The van der Waals surface area contributed by atoms with E-state index in [0.717, 1.165) is 6.07 Å². The number of carbonyl (C=O) groups is 3. The van der Waals surface area contributed by atoms with Gasteiger partial charge >= 0.3 is 5.97 Å². The van der Waals surface area contributed by atoms with Crippen LogP contribution in [0.1, 0.15) is 87.9 Å². The summed E-state index contributed by atoms with van der Waals surface area (Å²) in [6.07, 6.45) is 1.92. The van der Waals surface area contributed by atoms with Crippen LogP contribution in [-0.4, -0.2) is 43.1 Å². The predicted octanol–water partition coefficient (Wildman–Crippen LogP) is 6.14. The first-order chi connectivity index (χ1) is 18.7. The number of benzene rings is 2. The van der Waals surface area contributed by atoms with Gasteiger partial charge in [0.1, 0.15) is 11.4 Å². The number of rotatable bonds is 8. The highest BCUT2D eigenvalue weighted by molar-refractivity contribution is 6.10. The fraction of sp³-hybridized carbons (Fsp3) is 0.516. The smallest absolute Gasteiger partial charge is 0.309 e. The van der Waals surface area contributed by atoms with E-state index in [0.29, 0.717) is 43.5 Å². The average Bonchev–Trinajstić information content (AvgIpc) is 2.87. The molecule has 9 heteroatoms. The van der Waals surface area contributed by atoms with Gasteiger partial charge in [-0.1, -0.05) is 32.9 Å². The summed E-state index contributed by atoms with van der Waals surface area (Å²) in [5.74, 6) is -2.05. The van der Waals surface area contributed by atoms with Crippen LogP contribution >= 0.6 is 0 Å². The highest BCUT2D eigenvalue weighted by atomic mass is 19.1. The molecule has 40 heavy (non-hydrogen) atoms. The first-order valence-electron chi connectivity index (χ1n) is 13.6. The zero-order valence-corrected chi connectivity index (χ0v) is 24.5. The van der Waals surface area contributed by atoms with Crippen LogP contribution in [0.4, 0.5) is 10.1 Å². The maximum Gasteiger partial charge on any atom is 0.309 e. The molecule has 0 spiro atoms. The van der Waals surface area contributed by atoms with Crippen molar-refractivity contribution in [3.63, 3.8) is 0 Å². The van der Waals surface area contributed by atoms with Crippen LogP contribution in [0.25, 0.3) is 0 Å². The molecule has 0 unspecified atom stereocenters. The van der Waals surface area contributed by atoms with Crippen molar-refractivity contribution in [3.8, 4) is 11.5 Å². The molecular formula is C31H41FN2O6. The quantitative estimate of drug-likeness (QED) is 0.379. The second-order valence-corrected chi connectivity index (χ2v) is 12.4. The number of hydrogen-bond acceptors (Lipinski definition) is 6. The number of nitrogens with one attached hydrogen (secondary N) is 2. The van der Waals surface area contributed by atoms with Gasteiger partial charge in [-0.05, 0) is 70.1 Å². The molecule has 2 amide bonds. The standard InChI is InChI=1S/C31H41FN2O6/c1-30(2,3)18-33-27(35)21-10-8-9-11-24(21)34-28(36)22-16-26(23(32)17-25(22)38-7)39-20-14-12-19(13-15-20)29(37)40-31(4,5)6/h8-11,16-17,19-20H,12-15,18H2,1-7H3,(H,33,35)(H,34,36). The van der Waals surface area contributed by atoms with E-state index in [-0.39, 0.29) is 46.4 Å². The van der Waals surface area contributed by atoms with Gasteiger partial charge in [0.05, 0.1) is 35.9 Å². The van der Waals surface area contributed by atoms with Gasteiger partial charge in [0.25, 0.3) is 11.8 Å². The topological polar surface area (TPSA) is 103 Å². The summed E-state index contributed by atoms with van der Waals surface area (Å²) in [5.41, 5.74) is 0.0179. The van der Waals surface area contributed by atoms with Gasteiger partial charge in [-0.25, -0.2) is 4.39 Å². The fourth-order valence-corrected chi connectivity index (χ4v) is 4.37. The largest absolute Gasteiger partial charge is 0.496 e. The lowest BCUT2D eigenvalue weighted by molar-refractivity contribution is -0.161. The van der Waals surface area contributed by atoms with Crippen LogP contribution in [0.15, 0.2) is 36.4 Å². The van der Waals surface area contributed by atoms with Gasteiger partial charge in [0.15, 0.2) is 11.6 Å². The molecule has 0 aliphatic heterocycles. The molecule has 1 fully saturated rings. The van der Waals surface area contributed by atoms with Gasteiger partial charge in [-0.3, -0.25) is 14.4 Å². The van der Waals surface area contributed by atoms with Crippen LogP contribution in [0.2, 0.25) is 0 Å². The summed E-state index contributed by atoms with van der Waals surface area (Å²) < 4.78 is 31.7. The second kappa shape index (κ2) is 12.7. The number of hydrogen-bond donors (Lipinski definition) is 2. The lowest BCUT2D eigenvalue weighted by atomic mass is 9.87. The van der Waals surface area contributed by atoms with Crippen molar-refractivity contribution in [2.75, 3.05) is 19.0 Å². The predicted molar refractivity (Wildman–Crippen MR) is 151 cm³/mol. The van der Waals surface area contributed by atoms with Crippen LogP contribution < -0.4 is 20.1 Å². The summed E-state index contributed by atoms with van der Waals surface area (Å²) in [6, 6.07) is 9.09. The Morgan fingerprint density at radius 3 is 2.15 bits per heavy atom. The van der Waals surface area contributed by atoms with Crippen molar-refractivity contribution in [1.29, 1.82) is 0 Å². The zero-order chi connectivity index (χ0) is 29.7. The van der Waals surface area contributed by atoms with Gasteiger partial charge in [-0.2, -0.15) is 0 Å². The number of ether oxygens (including phenoxy) is 3. The van der Waals surface area contributed by atoms with Gasteiger partial charge < -0.3 is 24.8 Å². The molecule has 1 saturated carbocycles. The Hall–Kier alpha value is -3.62. The summed E-state index contributed by atoms with van der Waals surface area (Å²) in [5, 5.41) is 5.64. The van der Waals surface area contributed by atoms with Gasteiger partial charge in [0.2, 0.25) is 0 Å². The van der Waals surface area contributed by atoms with Crippen LogP contribution in [0, 0.1) is 17.2 Å². The monoisotopic (exact) mass is 556 g/mol. The first kappa shape index (κ1) is 30.9. The lowest BCUT2D eigenvalue weighted by Gasteiger charge is -2.30. The minimum absolute atomic E-state index is 0.0330. The Morgan fingerprint density at radius 2 is 1.55 bits per heavy atom. The molecule has 3 rings (SSSR count). The van der Waals surface area contributed by atoms with Crippen molar-refractivity contribution >= 4 is 23.5 Å². The van der Waals surface area contributed by atoms with Crippen molar-refractivity contribution in [2.45, 2.75) is 78.9 Å². The molecule has 2 N–H and O–H groups in total. The molecule has 0 aromatic heterocycles. The third-order valence-electron chi connectivity index (χ3n) is 6.41. The molecule has 1 aliphatic carbocycles. The van der Waals surface area contributed by atoms with Crippen LogP contribution in [0.3, 0.4) is 0 Å². The third-order valence-corrected chi connectivity index (χ3v) is 6.41. The van der Waals surface area contributed by atoms with E-state index in [1.807, 2.05) is 41.5 Å². The van der Waals surface area contributed by atoms with Gasteiger partial charge in [0, 0.05) is 12.6 Å². The van der Waals surface area contributed by atoms with E-state index in [9.17, 15) is 18.8 Å². The Balaban J connectivity index is 1.73. The average molecular weight is 557 g/mol. The molecule has 2 aromatic rings. The van der Waals surface area contributed by atoms with Crippen molar-refractivity contribution in [2.24, 2.45) is 11.3 Å². The van der Waals surface area contributed by atoms with E-state index in [4.69, 9.17) is 14.2 Å². The Kier molecular flexibility index (Phi) is 9.82. The number of halogens is 1. The van der Waals surface area contributed by atoms with E-state index in [1.54, 1.807) is 24.3 Å². The SMILES string of the molecule is COc1cc(F)c(OC2CCC(C(=O)OC(C)(C)C)CC2)cc1C(=O)Nc1ccccc1C(=O)NCC(C)(C)C. The van der Waals surface area contributed by atoms with E-state index < -0.39 is 17.3 Å². The van der Waals surface area contributed by atoms with Crippen molar-refractivity contribution in [3.05, 3.63) is 53.3 Å².